The largest absolute Gasteiger partial charge is 0.264 e. The lowest BCUT2D eigenvalue weighted by Crippen LogP contribution is -1.81. The van der Waals surface area contributed by atoms with Crippen molar-refractivity contribution in [1.82, 2.24) is 9.97 Å². The fourth-order valence-electron chi connectivity index (χ4n) is 1.05. The number of aromatic nitrogens is 2. The molecular formula is C12H14N2. The predicted molar refractivity (Wildman–Crippen MR) is 58.8 cm³/mol. The third-order valence-electron chi connectivity index (χ3n) is 1.62. The highest BCUT2D eigenvalue weighted by Crippen LogP contribution is 2.12. The Morgan fingerprint density at radius 1 is 0.929 bits per heavy atom. The molecule has 0 atom stereocenters. The standard InChI is InChI=1S/C10H8N2.C2H6/c1-2-7-12-10(5-1)9-4-3-6-11-8-9;1-2/h1-8H;1-2H3. The molecule has 0 saturated carbocycles. The van der Waals surface area contributed by atoms with Crippen LogP contribution in [0.3, 0.4) is 0 Å². The fourth-order valence-corrected chi connectivity index (χ4v) is 1.05. The van der Waals surface area contributed by atoms with Gasteiger partial charge in [-0.05, 0) is 24.3 Å². The monoisotopic (exact) mass is 186 g/mol. The highest BCUT2D eigenvalue weighted by molar-refractivity contribution is 5.56. The molecule has 0 unspecified atom stereocenters. The summed E-state index contributed by atoms with van der Waals surface area (Å²) in [6, 6.07) is 9.74. The molecule has 0 amide bonds. The van der Waals surface area contributed by atoms with Crippen molar-refractivity contribution in [3.8, 4) is 11.3 Å². The molecule has 0 aliphatic carbocycles. The van der Waals surface area contributed by atoms with E-state index in [0.717, 1.165) is 11.3 Å². The fraction of sp³-hybridized carbons (Fsp3) is 0.167. The first-order chi connectivity index (χ1) is 6.97. The van der Waals surface area contributed by atoms with E-state index in [1.54, 1.807) is 12.4 Å². The van der Waals surface area contributed by atoms with E-state index in [-0.39, 0.29) is 0 Å². The van der Waals surface area contributed by atoms with Crippen LogP contribution < -0.4 is 0 Å². The number of nitrogens with zero attached hydrogens (tertiary/aromatic N) is 2. The summed E-state index contributed by atoms with van der Waals surface area (Å²) in [5.74, 6) is 0. The third kappa shape index (κ3) is 2.66. The topological polar surface area (TPSA) is 25.8 Å². The van der Waals surface area contributed by atoms with Crippen LogP contribution >= 0.6 is 0 Å². The van der Waals surface area contributed by atoms with Crippen LogP contribution in [0.15, 0.2) is 48.9 Å². The molecular weight excluding hydrogens is 172 g/mol. The zero-order valence-corrected chi connectivity index (χ0v) is 8.51. The molecule has 2 aromatic rings. The quantitative estimate of drug-likeness (QED) is 0.683. The Morgan fingerprint density at radius 3 is 2.36 bits per heavy atom. The molecule has 0 aliphatic rings. The molecule has 2 heterocycles. The van der Waals surface area contributed by atoms with Crippen LogP contribution in [0, 0.1) is 0 Å². The Hall–Kier alpha value is -1.70. The summed E-state index contributed by atoms with van der Waals surface area (Å²) in [5.41, 5.74) is 2.02. The molecule has 0 bridgehead atoms. The van der Waals surface area contributed by atoms with Crippen LogP contribution in [0.25, 0.3) is 11.3 Å². The van der Waals surface area contributed by atoms with E-state index >= 15 is 0 Å². The summed E-state index contributed by atoms with van der Waals surface area (Å²) in [5, 5.41) is 0. The molecule has 2 nitrogen and oxygen atoms in total. The highest BCUT2D eigenvalue weighted by atomic mass is 14.7. The third-order valence-corrected chi connectivity index (χ3v) is 1.62. The summed E-state index contributed by atoms with van der Waals surface area (Å²) in [7, 11) is 0. The van der Waals surface area contributed by atoms with E-state index in [1.807, 2.05) is 50.4 Å². The number of hydrogen-bond donors (Lipinski definition) is 0. The van der Waals surface area contributed by atoms with Crippen LogP contribution in [0.5, 0.6) is 0 Å². The lowest BCUT2D eigenvalue weighted by Gasteiger charge is -1.96. The van der Waals surface area contributed by atoms with E-state index < -0.39 is 0 Å². The van der Waals surface area contributed by atoms with E-state index in [4.69, 9.17) is 0 Å². The first-order valence-corrected chi connectivity index (χ1v) is 4.78. The highest BCUT2D eigenvalue weighted by Gasteiger charge is 1.94. The van der Waals surface area contributed by atoms with Gasteiger partial charge in [-0.1, -0.05) is 19.9 Å². The molecule has 2 heteroatoms. The van der Waals surface area contributed by atoms with Gasteiger partial charge in [0.05, 0.1) is 5.69 Å². The van der Waals surface area contributed by atoms with E-state index in [2.05, 4.69) is 9.97 Å². The smallest absolute Gasteiger partial charge is 0.0717 e. The Kier molecular flexibility index (Phi) is 4.35. The minimum Gasteiger partial charge on any atom is -0.264 e. The summed E-state index contributed by atoms with van der Waals surface area (Å²) in [4.78, 5) is 8.23. The number of rotatable bonds is 1. The zero-order chi connectivity index (χ0) is 10.2. The van der Waals surface area contributed by atoms with Crippen molar-refractivity contribution < 1.29 is 0 Å². The average Bonchev–Trinajstić information content (AvgIpc) is 2.34. The van der Waals surface area contributed by atoms with Crippen LogP contribution in [0.1, 0.15) is 13.8 Å². The van der Waals surface area contributed by atoms with Crippen molar-refractivity contribution >= 4 is 0 Å². The van der Waals surface area contributed by atoms with Gasteiger partial charge >= 0.3 is 0 Å². The predicted octanol–water partition coefficient (Wildman–Crippen LogP) is 3.17. The van der Waals surface area contributed by atoms with Gasteiger partial charge in [-0.2, -0.15) is 0 Å². The van der Waals surface area contributed by atoms with Crippen molar-refractivity contribution in [2.45, 2.75) is 13.8 Å². The molecule has 0 aromatic carbocycles. The van der Waals surface area contributed by atoms with Crippen molar-refractivity contribution in [3.63, 3.8) is 0 Å². The zero-order valence-electron chi connectivity index (χ0n) is 8.51. The van der Waals surface area contributed by atoms with E-state index in [0.29, 0.717) is 0 Å². The van der Waals surface area contributed by atoms with Gasteiger partial charge in [0.2, 0.25) is 0 Å². The SMILES string of the molecule is CC.c1ccc(-c2cccnc2)nc1. The normalized spacial score (nSPS) is 8.71. The van der Waals surface area contributed by atoms with Gasteiger partial charge < -0.3 is 0 Å². The second kappa shape index (κ2) is 5.86. The van der Waals surface area contributed by atoms with Gasteiger partial charge in [0.15, 0.2) is 0 Å². The molecule has 0 spiro atoms. The minimum atomic E-state index is 0.964. The second-order valence-corrected chi connectivity index (χ2v) is 2.46. The average molecular weight is 186 g/mol. The van der Waals surface area contributed by atoms with Gasteiger partial charge in [-0.25, -0.2) is 0 Å². The summed E-state index contributed by atoms with van der Waals surface area (Å²) in [6.07, 6.45) is 5.34. The molecule has 2 aromatic heterocycles. The van der Waals surface area contributed by atoms with Gasteiger partial charge in [-0.3, -0.25) is 9.97 Å². The van der Waals surface area contributed by atoms with Crippen molar-refractivity contribution in [2.24, 2.45) is 0 Å². The maximum atomic E-state index is 4.21. The van der Waals surface area contributed by atoms with Crippen LogP contribution in [-0.2, 0) is 0 Å². The molecule has 14 heavy (non-hydrogen) atoms. The van der Waals surface area contributed by atoms with Crippen molar-refractivity contribution in [2.75, 3.05) is 0 Å². The van der Waals surface area contributed by atoms with Gasteiger partial charge in [0.25, 0.3) is 0 Å². The van der Waals surface area contributed by atoms with E-state index in [9.17, 15) is 0 Å². The molecule has 0 fully saturated rings. The molecule has 72 valence electrons. The Bertz CT molecular complexity index is 306. The second-order valence-electron chi connectivity index (χ2n) is 2.46. The first-order valence-electron chi connectivity index (χ1n) is 4.78. The van der Waals surface area contributed by atoms with Gasteiger partial charge in [0.1, 0.15) is 0 Å². The Balaban J connectivity index is 0.000000461. The van der Waals surface area contributed by atoms with Crippen LogP contribution in [0.2, 0.25) is 0 Å². The minimum absolute atomic E-state index is 0.964. The summed E-state index contributed by atoms with van der Waals surface area (Å²) >= 11 is 0. The first kappa shape index (κ1) is 10.4. The lowest BCUT2D eigenvalue weighted by molar-refractivity contribution is 1.28. The Labute approximate surface area is 84.7 Å². The van der Waals surface area contributed by atoms with Crippen molar-refractivity contribution in [1.29, 1.82) is 0 Å². The maximum absolute atomic E-state index is 4.21. The molecule has 0 N–H and O–H groups in total. The van der Waals surface area contributed by atoms with Crippen LogP contribution in [-0.4, -0.2) is 9.97 Å². The molecule has 0 saturated heterocycles. The Morgan fingerprint density at radius 2 is 1.79 bits per heavy atom. The van der Waals surface area contributed by atoms with E-state index in [1.165, 1.54) is 0 Å². The van der Waals surface area contributed by atoms with Crippen molar-refractivity contribution in [3.05, 3.63) is 48.9 Å². The lowest BCUT2D eigenvalue weighted by atomic mass is 10.2. The maximum Gasteiger partial charge on any atom is 0.0717 e. The van der Waals surface area contributed by atoms with Gasteiger partial charge in [-0.15, -0.1) is 0 Å². The molecule has 0 radical (unpaired) electrons. The summed E-state index contributed by atoms with van der Waals surface area (Å²) in [6.45, 7) is 4.00. The number of pyridine rings is 2. The number of hydrogen-bond acceptors (Lipinski definition) is 2. The van der Waals surface area contributed by atoms with Gasteiger partial charge in [0, 0.05) is 24.2 Å². The molecule has 0 aliphatic heterocycles. The van der Waals surface area contributed by atoms with Crippen LogP contribution in [0.4, 0.5) is 0 Å². The molecule has 2 rings (SSSR count). The summed E-state index contributed by atoms with van der Waals surface area (Å²) < 4.78 is 0.